The number of carbonyl (C=O) groups excluding carboxylic acids is 1. The van der Waals surface area contributed by atoms with E-state index in [0.29, 0.717) is 12.1 Å². The van der Waals surface area contributed by atoms with Crippen molar-refractivity contribution in [1.82, 2.24) is 25.1 Å². The quantitative estimate of drug-likeness (QED) is 0.556. The van der Waals surface area contributed by atoms with Crippen molar-refractivity contribution in [2.75, 3.05) is 6.61 Å². The third-order valence-corrected chi connectivity index (χ3v) is 5.66. The fraction of sp³-hybridized carbons (Fsp3) is 0.455. The molecule has 9 nitrogen and oxygen atoms in total. The molecule has 12 heteroatoms. The second kappa shape index (κ2) is 9.74. The molecule has 0 spiro atoms. The van der Waals surface area contributed by atoms with Crippen LogP contribution in [0.1, 0.15) is 50.0 Å². The molecule has 3 aromatic rings. The van der Waals surface area contributed by atoms with Crippen LogP contribution in [0.2, 0.25) is 0 Å². The number of halogens is 3. The molecule has 0 radical (unpaired) electrons. The average Bonchev–Trinajstić information content (AvgIpc) is 3.19. The predicted octanol–water partition coefficient (Wildman–Crippen LogP) is 3.84. The van der Waals surface area contributed by atoms with E-state index in [1.54, 1.807) is 17.7 Å². The normalized spacial score (nSPS) is 18.6. The lowest BCUT2D eigenvalue weighted by atomic mass is 9.91. The molecule has 1 saturated carbocycles. The number of benzene rings is 1. The summed E-state index contributed by atoms with van der Waals surface area (Å²) in [6, 6.07) is 5.49. The van der Waals surface area contributed by atoms with Gasteiger partial charge in [0.25, 0.3) is 5.56 Å². The smallest absolute Gasteiger partial charge is 0.450 e. The van der Waals surface area contributed by atoms with E-state index in [1.807, 2.05) is 0 Å². The molecule has 2 aromatic heterocycles. The topological polar surface area (TPSA) is 111 Å². The van der Waals surface area contributed by atoms with Crippen LogP contribution in [0.5, 0.6) is 5.75 Å². The van der Waals surface area contributed by atoms with Gasteiger partial charge < -0.3 is 19.8 Å². The third kappa shape index (κ3) is 5.49. The second-order valence-corrected chi connectivity index (χ2v) is 8.05. The molecule has 1 aliphatic carbocycles. The first kappa shape index (κ1) is 23.6. The summed E-state index contributed by atoms with van der Waals surface area (Å²) in [5, 5.41) is 7.49. The van der Waals surface area contributed by atoms with Gasteiger partial charge in [0.15, 0.2) is 5.65 Å². The maximum Gasteiger partial charge on any atom is 0.573 e. The number of para-hydroxylation sites is 1. The fourth-order valence-electron chi connectivity index (χ4n) is 4.24. The van der Waals surface area contributed by atoms with Gasteiger partial charge in [0.1, 0.15) is 17.0 Å². The van der Waals surface area contributed by atoms with Crippen LogP contribution >= 0.6 is 0 Å². The lowest BCUT2D eigenvalue weighted by Crippen LogP contribution is -2.39. The molecule has 182 valence electrons. The van der Waals surface area contributed by atoms with Gasteiger partial charge in [0.05, 0.1) is 18.8 Å². The Labute approximate surface area is 192 Å². The fourth-order valence-corrected chi connectivity index (χ4v) is 4.24. The lowest BCUT2D eigenvalue weighted by molar-refractivity contribution is -0.274. The number of rotatable bonds is 6. The summed E-state index contributed by atoms with van der Waals surface area (Å²) in [6.07, 6.45) is -0.963. The Hall–Kier alpha value is -3.57. The van der Waals surface area contributed by atoms with E-state index in [1.165, 1.54) is 24.4 Å². The molecule has 1 fully saturated rings. The van der Waals surface area contributed by atoms with Crippen LogP contribution < -0.4 is 15.6 Å². The molecular formula is C22H24F3N5O4. The van der Waals surface area contributed by atoms with Crippen molar-refractivity contribution in [1.29, 1.82) is 0 Å². The lowest BCUT2D eigenvalue weighted by Gasteiger charge is -2.29. The number of aromatic amines is 1. The molecule has 2 heterocycles. The molecule has 0 aliphatic heterocycles. The average molecular weight is 479 g/mol. The van der Waals surface area contributed by atoms with Gasteiger partial charge in [-0.1, -0.05) is 18.2 Å². The van der Waals surface area contributed by atoms with E-state index in [-0.39, 0.29) is 47.6 Å². The molecule has 0 bridgehead atoms. The van der Waals surface area contributed by atoms with Crippen molar-refractivity contribution in [3.8, 4) is 5.75 Å². The van der Waals surface area contributed by atoms with Crippen LogP contribution in [0.15, 0.2) is 35.3 Å². The highest BCUT2D eigenvalue weighted by molar-refractivity contribution is 5.73. The standard InChI is InChI=1S/C22H24F3N5O4/c1-2-33-21(32)27-14-7-5-8-15(11-14)30-19-16(12-26-30)20(31)29-18(28-19)10-13-6-3-4-9-17(13)34-22(23,24)25/h3-4,6,9,12,14-15H,2,5,7-8,10-11H2,1H3,(H,27,32)(H,28,29,31). The van der Waals surface area contributed by atoms with Gasteiger partial charge in [0.2, 0.25) is 0 Å². The number of aromatic nitrogens is 4. The number of nitrogens with one attached hydrogen (secondary N) is 2. The van der Waals surface area contributed by atoms with Gasteiger partial charge in [-0.2, -0.15) is 5.10 Å². The highest BCUT2D eigenvalue weighted by Gasteiger charge is 2.32. The number of fused-ring (bicyclic) bond motifs is 1. The van der Waals surface area contributed by atoms with Gasteiger partial charge in [-0.25, -0.2) is 14.5 Å². The van der Waals surface area contributed by atoms with Crippen LogP contribution in [-0.2, 0) is 11.2 Å². The van der Waals surface area contributed by atoms with Crippen molar-refractivity contribution >= 4 is 17.1 Å². The first-order chi connectivity index (χ1) is 16.2. The summed E-state index contributed by atoms with van der Waals surface area (Å²) in [7, 11) is 0. The molecular weight excluding hydrogens is 455 g/mol. The molecule has 1 aromatic carbocycles. The van der Waals surface area contributed by atoms with Crippen LogP contribution in [0.25, 0.3) is 11.0 Å². The first-order valence-corrected chi connectivity index (χ1v) is 11.0. The van der Waals surface area contributed by atoms with Gasteiger partial charge in [-0.15, -0.1) is 13.2 Å². The van der Waals surface area contributed by atoms with E-state index in [2.05, 4.69) is 25.1 Å². The number of alkyl carbamates (subject to hydrolysis) is 1. The molecule has 2 atom stereocenters. The number of amides is 1. The van der Waals surface area contributed by atoms with Crippen molar-refractivity contribution in [2.45, 2.75) is 57.5 Å². The molecule has 4 rings (SSSR count). The van der Waals surface area contributed by atoms with E-state index in [9.17, 15) is 22.8 Å². The minimum absolute atomic E-state index is 0.0691. The van der Waals surface area contributed by atoms with E-state index >= 15 is 0 Å². The third-order valence-electron chi connectivity index (χ3n) is 5.66. The zero-order valence-corrected chi connectivity index (χ0v) is 18.4. The molecule has 1 aliphatic rings. The Kier molecular flexibility index (Phi) is 6.75. The number of nitrogens with zero attached hydrogens (tertiary/aromatic N) is 3. The Balaban J connectivity index is 1.60. The van der Waals surface area contributed by atoms with Gasteiger partial charge in [-0.05, 0) is 38.7 Å². The van der Waals surface area contributed by atoms with E-state index in [0.717, 1.165) is 19.3 Å². The number of hydrogen-bond acceptors (Lipinski definition) is 6. The number of ether oxygens (including phenoxy) is 2. The molecule has 1 amide bonds. The number of hydrogen-bond donors (Lipinski definition) is 2. The summed E-state index contributed by atoms with van der Waals surface area (Å²) in [5.41, 5.74) is 0.136. The Morgan fingerprint density at radius 2 is 2.09 bits per heavy atom. The molecule has 0 saturated heterocycles. The van der Waals surface area contributed by atoms with Crippen molar-refractivity contribution in [2.24, 2.45) is 0 Å². The summed E-state index contributed by atoms with van der Waals surface area (Å²) in [6.45, 7) is 2.01. The van der Waals surface area contributed by atoms with Crippen LogP contribution in [0.4, 0.5) is 18.0 Å². The van der Waals surface area contributed by atoms with Gasteiger partial charge in [0, 0.05) is 18.0 Å². The monoisotopic (exact) mass is 479 g/mol. The molecule has 34 heavy (non-hydrogen) atoms. The number of alkyl halides is 3. The van der Waals surface area contributed by atoms with Gasteiger partial charge >= 0.3 is 12.5 Å². The summed E-state index contributed by atoms with van der Waals surface area (Å²) in [5.74, 6) is -0.166. The Morgan fingerprint density at radius 3 is 2.85 bits per heavy atom. The summed E-state index contributed by atoms with van der Waals surface area (Å²) in [4.78, 5) is 31.6. The van der Waals surface area contributed by atoms with Gasteiger partial charge in [-0.3, -0.25) is 4.79 Å². The van der Waals surface area contributed by atoms with Crippen LogP contribution in [0, 0.1) is 0 Å². The van der Waals surface area contributed by atoms with Crippen LogP contribution in [-0.4, -0.2) is 44.9 Å². The van der Waals surface area contributed by atoms with E-state index < -0.39 is 18.0 Å². The van der Waals surface area contributed by atoms with Crippen LogP contribution in [0.3, 0.4) is 0 Å². The predicted molar refractivity (Wildman–Crippen MR) is 116 cm³/mol. The Bertz CT molecular complexity index is 1220. The largest absolute Gasteiger partial charge is 0.573 e. The minimum Gasteiger partial charge on any atom is -0.450 e. The molecule has 2 unspecified atom stereocenters. The Morgan fingerprint density at radius 1 is 1.29 bits per heavy atom. The van der Waals surface area contributed by atoms with E-state index in [4.69, 9.17) is 4.74 Å². The minimum atomic E-state index is -4.84. The number of H-pyrrole nitrogens is 1. The van der Waals surface area contributed by atoms with Crippen molar-refractivity contribution in [3.05, 3.63) is 52.2 Å². The molecule has 2 N–H and O–H groups in total. The zero-order chi connectivity index (χ0) is 24.3. The number of carbonyl (C=O) groups is 1. The zero-order valence-electron chi connectivity index (χ0n) is 18.4. The second-order valence-electron chi connectivity index (χ2n) is 8.05. The maximum atomic E-state index is 12.8. The highest BCUT2D eigenvalue weighted by atomic mass is 19.4. The maximum absolute atomic E-state index is 12.8. The van der Waals surface area contributed by atoms with Crippen molar-refractivity contribution in [3.63, 3.8) is 0 Å². The highest BCUT2D eigenvalue weighted by Crippen LogP contribution is 2.31. The summed E-state index contributed by atoms with van der Waals surface area (Å²) >= 11 is 0. The SMILES string of the molecule is CCOC(=O)NC1CCCC(n2ncc3c(=O)[nH]c(Cc4ccccc4OC(F)(F)F)nc32)C1. The van der Waals surface area contributed by atoms with Crippen molar-refractivity contribution < 1.29 is 27.4 Å². The summed E-state index contributed by atoms with van der Waals surface area (Å²) < 4.78 is 49.0. The first-order valence-electron chi connectivity index (χ1n) is 11.0.